The maximum Gasteiger partial charge on any atom is 0.352 e. The molecule has 0 unspecified atom stereocenters. The summed E-state index contributed by atoms with van der Waals surface area (Å²) in [7, 11) is -4.22. The number of pyridine rings is 1. The third-order valence-electron chi connectivity index (χ3n) is 7.96. The van der Waals surface area contributed by atoms with Crippen LogP contribution in [-0.2, 0) is 19.8 Å². The van der Waals surface area contributed by atoms with Crippen molar-refractivity contribution in [1.82, 2.24) is 19.7 Å². The van der Waals surface area contributed by atoms with Crippen LogP contribution in [0.2, 0.25) is 0 Å². The monoisotopic (exact) mass is 699 g/mol. The number of hydroxylamine groups is 1. The highest BCUT2D eigenvalue weighted by molar-refractivity contribution is 7.86. The highest BCUT2D eigenvalue weighted by atomic mass is 32.2. The van der Waals surface area contributed by atoms with Crippen LogP contribution in [0.1, 0.15) is 41.0 Å². The molecule has 5 rings (SSSR count). The first-order valence-electron chi connectivity index (χ1n) is 15.3. The number of hydrogen-bond donors (Lipinski definition) is 1. The topological polar surface area (TPSA) is 130 Å². The molecule has 3 heterocycles. The summed E-state index contributed by atoms with van der Waals surface area (Å²) in [6, 6.07) is 12.5. The van der Waals surface area contributed by atoms with E-state index in [4.69, 9.17) is 4.28 Å². The molecule has 12 nitrogen and oxygen atoms in total. The van der Waals surface area contributed by atoms with Crippen molar-refractivity contribution in [3.05, 3.63) is 94.8 Å². The number of nitrogens with zero attached hydrogens (tertiary/aromatic N) is 6. The molecule has 4 aromatic rings. The number of alkyl halides is 1. The van der Waals surface area contributed by atoms with Crippen molar-refractivity contribution >= 4 is 39.4 Å². The molecular weight excluding hydrogens is 663 g/mol. The van der Waals surface area contributed by atoms with E-state index in [-0.39, 0.29) is 24.6 Å². The number of urea groups is 1. The third kappa shape index (κ3) is 7.86. The molecule has 1 N–H and O–H groups in total. The molecule has 0 bridgehead atoms. The van der Waals surface area contributed by atoms with E-state index in [0.717, 1.165) is 24.0 Å². The van der Waals surface area contributed by atoms with Crippen molar-refractivity contribution in [3.8, 4) is 5.69 Å². The number of halogens is 3. The fraction of sp³-hybridized carbons (Fsp3) is 0.333. The Kier molecular flexibility index (Phi) is 10.0. The Hall–Kier alpha value is -4.96. The zero-order valence-corrected chi connectivity index (χ0v) is 28.4. The number of aromatic nitrogens is 3. The van der Waals surface area contributed by atoms with Gasteiger partial charge < -0.3 is 9.80 Å². The van der Waals surface area contributed by atoms with E-state index in [1.54, 1.807) is 32.9 Å². The molecule has 2 aromatic carbocycles. The van der Waals surface area contributed by atoms with E-state index >= 15 is 0 Å². The Morgan fingerprint density at radius 3 is 2.20 bits per heavy atom. The van der Waals surface area contributed by atoms with E-state index in [0.29, 0.717) is 40.9 Å². The van der Waals surface area contributed by atoms with Crippen molar-refractivity contribution < 1.29 is 35.5 Å². The smallest absolute Gasteiger partial charge is 0.352 e. The van der Waals surface area contributed by atoms with E-state index in [1.807, 2.05) is 24.0 Å². The van der Waals surface area contributed by atoms with Crippen LogP contribution in [0.15, 0.2) is 60.8 Å². The Morgan fingerprint density at radius 2 is 1.63 bits per heavy atom. The average Bonchev–Trinajstić information content (AvgIpc) is 3.48. The summed E-state index contributed by atoms with van der Waals surface area (Å²) in [5.74, 6) is -2.00. The number of nitrogens with one attached hydrogen (secondary N) is 1. The Morgan fingerprint density at radius 1 is 1.00 bits per heavy atom. The number of benzene rings is 2. The molecule has 2 aromatic heterocycles. The van der Waals surface area contributed by atoms with Crippen LogP contribution in [0.3, 0.4) is 0 Å². The molecule has 260 valence electrons. The van der Waals surface area contributed by atoms with Gasteiger partial charge in [-0.25, -0.2) is 23.2 Å². The lowest BCUT2D eigenvalue weighted by molar-refractivity contribution is 0.0736. The Bertz CT molecular complexity index is 1960. The number of amides is 3. The van der Waals surface area contributed by atoms with Crippen LogP contribution >= 0.6 is 0 Å². The molecule has 1 saturated heterocycles. The van der Waals surface area contributed by atoms with E-state index < -0.39 is 51.3 Å². The predicted molar refractivity (Wildman–Crippen MR) is 178 cm³/mol. The highest BCUT2D eigenvalue weighted by Crippen LogP contribution is 2.30. The summed E-state index contributed by atoms with van der Waals surface area (Å²) < 4.78 is 73.4. The van der Waals surface area contributed by atoms with Gasteiger partial charge in [-0.15, -0.1) is 4.28 Å². The molecule has 0 aliphatic carbocycles. The standard InChI is InChI=1S/C33H36F3N7O5S/c1-21-9-11-23(12-10-21)42-28(18-27(39-42)33(3,4)20-34)38-32(45)43(48-49(5,46)47)24-17-22(2)30(37-19-24)40-13-15-41(16-14-40)31(44)29-25(35)7-6-8-26(29)36/h6-12,17-19H,13-16,20H2,1-5H3,(H,38,45). The second kappa shape index (κ2) is 13.9. The average molecular weight is 700 g/mol. The van der Waals surface area contributed by atoms with E-state index in [2.05, 4.69) is 15.4 Å². The first kappa shape index (κ1) is 35.3. The summed E-state index contributed by atoms with van der Waals surface area (Å²) in [6.07, 6.45) is 2.04. The number of piperazine rings is 1. The molecule has 0 spiro atoms. The fourth-order valence-electron chi connectivity index (χ4n) is 5.22. The minimum Gasteiger partial charge on any atom is -0.353 e. The molecular formula is C33H36F3N7O5S. The minimum atomic E-state index is -4.22. The lowest BCUT2D eigenvalue weighted by Gasteiger charge is -2.36. The van der Waals surface area contributed by atoms with Gasteiger partial charge in [0.15, 0.2) is 0 Å². The number of anilines is 3. The van der Waals surface area contributed by atoms with Gasteiger partial charge in [0.25, 0.3) is 16.0 Å². The number of rotatable bonds is 9. The maximum absolute atomic E-state index is 14.2. The van der Waals surface area contributed by atoms with E-state index in [1.165, 1.54) is 34.0 Å². The number of hydrogen-bond acceptors (Lipinski definition) is 8. The van der Waals surface area contributed by atoms with Crippen LogP contribution < -0.4 is 15.3 Å². The normalized spacial score (nSPS) is 13.8. The molecule has 0 saturated carbocycles. The number of carbonyl (C=O) groups is 2. The summed E-state index contributed by atoms with van der Waals surface area (Å²) in [6.45, 7) is 7.12. The zero-order valence-electron chi connectivity index (χ0n) is 27.6. The minimum absolute atomic E-state index is 0.0151. The van der Waals surface area contributed by atoms with Crippen molar-refractivity contribution in [1.29, 1.82) is 0 Å². The number of aryl methyl sites for hydroxylation is 2. The first-order valence-corrected chi connectivity index (χ1v) is 17.1. The van der Waals surface area contributed by atoms with Gasteiger partial charge in [-0.05, 0) is 49.7 Å². The lowest BCUT2D eigenvalue weighted by Crippen LogP contribution is -2.49. The predicted octanol–water partition coefficient (Wildman–Crippen LogP) is 5.30. The Balaban J connectivity index is 1.38. The van der Waals surface area contributed by atoms with Gasteiger partial charge in [-0.1, -0.05) is 37.6 Å². The third-order valence-corrected chi connectivity index (χ3v) is 8.38. The van der Waals surface area contributed by atoms with Gasteiger partial charge in [0.05, 0.1) is 29.5 Å². The van der Waals surface area contributed by atoms with Crippen LogP contribution in [0.25, 0.3) is 5.69 Å². The molecule has 0 atom stereocenters. The molecule has 0 radical (unpaired) electrons. The number of carbonyl (C=O) groups excluding carboxylic acids is 2. The second-order valence-electron chi connectivity index (χ2n) is 12.4. The van der Waals surface area contributed by atoms with E-state index in [9.17, 15) is 31.2 Å². The van der Waals surface area contributed by atoms with Crippen molar-refractivity contribution in [3.63, 3.8) is 0 Å². The molecule has 16 heteroatoms. The quantitative estimate of drug-likeness (QED) is 0.233. The van der Waals surface area contributed by atoms with Crippen molar-refractivity contribution in [2.45, 2.75) is 33.1 Å². The van der Waals surface area contributed by atoms with Crippen LogP contribution in [0, 0.1) is 25.5 Å². The van der Waals surface area contributed by atoms with Crippen LogP contribution in [-0.4, -0.2) is 79.1 Å². The van der Waals surface area contributed by atoms with Crippen LogP contribution in [0.5, 0.6) is 0 Å². The van der Waals surface area contributed by atoms with Crippen molar-refractivity contribution in [2.75, 3.05) is 54.4 Å². The maximum atomic E-state index is 14.2. The molecule has 1 aliphatic rings. The molecule has 1 fully saturated rings. The van der Waals surface area contributed by atoms with Crippen molar-refractivity contribution in [2.24, 2.45) is 0 Å². The zero-order chi connectivity index (χ0) is 35.7. The first-order chi connectivity index (χ1) is 23.1. The summed E-state index contributed by atoms with van der Waals surface area (Å²) in [4.78, 5) is 34.2. The van der Waals surface area contributed by atoms with Gasteiger partial charge in [0.2, 0.25) is 0 Å². The highest BCUT2D eigenvalue weighted by Gasteiger charge is 2.31. The summed E-state index contributed by atoms with van der Waals surface area (Å²) >= 11 is 0. The lowest BCUT2D eigenvalue weighted by atomic mass is 9.91. The molecule has 3 amide bonds. The van der Waals surface area contributed by atoms with Gasteiger partial charge in [-0.3, -0.25) is 14.5 Å². The summed E-state index contributed by atoms with van der Waals surface area (Å²) in [5.41, 5.74) is 0.843. The molecule has 49 heavy (non-hydrogen) atoms. The van der Waals surface area contributed by atoms with Gasteiger partial charge in [-0.2, -0.15) is 18.6 Å². The van der Waals surface area contributed by atoms with Crippen LogP contribution in [0.4, 0.5) is 35.3 Å². The molecule has 1 aliphatic heterocycles. The van der Waals surface area contributed by atoms with Gasteiger partial charge in [0.1, 0.15) is 35.5 Å². The fourth-order valence-corrected chi connectivity index (χ4v) is 5.64. The SMILES string of the molecule is Cc1ccc(-n2nc(C(C)(C)CF)cc2NC(=O)N(OS(C)(=O)=O)c2cnc(N3CCN(C(=O)c4c(F)cccc4F)CC3)c(C)c2)cc1. The van der Waals surface area contributed by atoms with Gasteiger partial charge in [0, 0.05) is 37.7 Å². The largest absolute Gasteiger partial charge is 0.353 e. The van der Waals surface area contributed by atoms with Gasteiger partial charge >= 0.3 is 6.03 Å². The summed E-state index contributed by atoms with van der Waals surface area (Å²) in [5, 5.41) is 7.73. The second-order valence-corrected chi connectivity index (χ2v) is 14.0. The Labute approximate surface area is 282 Å².